The fourth-order valence-corrected chi connectivity index (χ4v) is 1.57. The maximum atomic E-state index is 4.09. The van der Waals surface area contributed by atoms with Crippen LogP contribution in [0.4, 0.5) is 5.13 Å². The number of aromatic nitrogens is 5. The fraction of sp³-hybridized carbons (Fsp3) is 0.556. The van der Waals surface area contributed by atoms with E-state index in [1.165, 1.54) is 11.3 Å². The molecule has 0 saturated carbocycles. The van der Waals surface area contributed by atoms with Crippen molar-refractivity contribution >= 4 is 16.5 Å². The Labute approximate surface area is 97.7 Å². The maximum absolute atomic E-state index is 4.09. The molecular weight excluding hydrogens is 224 g/mol. The first-order valence-corrected chi connectivity index (χ1v) is 5.85. The van der Waals surface area contributed by atoms with Crippen LogP contribution < -0.4 is 5.32 Å². The molecule has 0 fully saturated rings. The van der Waals surface area contributed by atoms with Crippen LogP contribution in [0.25, 0.3) is 0 Å². The standard InChI is InChI=1S/C9H14N6S/c1-9(2,3)15-5-7(12-14-15)4-10-8-13-11-6-16-8/h5-6H,4H2,1-3H3,(H,10,13). The van der Waals surface area contributed by atoms with Crippen LogP contribution in [0.5, 0.6) is 0 Å². The van der Waals surface area contributed by atoms with Crippen LogP contribution >= 0.6 is 11.3 Å². The number of hydrogen-bond acceptors (Lipinski definition) is 6. The molecule has 16 heavy (non-hydrogen) atoms. The fourth-order valence-electron chi connectivity index (χ4n) is 1.12. The number of anilines is 1. The highest BCUT2D eigenvalue weighted by Gasteiger charge is 2.14. The van der Waals surface area contributed by atoms with Gasteiger partial charge in [0.05, 0.1) is 18.3 Å². The summed E-state index contributed by atoms with van der Waals surface area (Å²) in [5, 5.41) is 19.7. The van der Waals surface area contributed by atoms with E-state index in [0.717, 1.165) is 10.8 Å². The Hall–Kier alpha value is -1.50. The first kappa shape index (κ1) is 11.0. The smallest absolute Gasteiger partial charge is 0.205 e. The van der Waals surface area contributed by atoms with E-state index in [4.69, 9.17) is 0 Å². The van der Waals surface area contributed by atoms with Gasteiger partial charge in [0, 0.05) is 0 Å². The molecule has 0 bridgehead atoms. The average Bonchev–Trinajstić information content (AvgIpc) is 2.85. The molecule has 2 rings (SSSR count). The summed E-state index contributed by atoms with van der Waals surface area (Å²) >= 11 is 1.47. The lowest BCUT2D eigenvalue weighted by Gasteiger charge is -2.17. The third-order valence-electron chi connectivity index (χ3n) is 2.01. The monoisotopic (exact) mass is 238 g/mol. The summed E-state index contributed by atoms with van der Waals surface area (Å²) in [6.07, 6.45) is 1.94. The van der Waals surface area contributed by atoms with Gasteiger partial charge in [-0.15, -0.1) is 15.3 Å². The molecule has 2 heterocycles. The van der Waals surface area contributed by atoms with E-state index in [0.29, 0.717) is 6.54 Å². The summed E-state index contributed by atoms with van der Waals surface area (Å²) < 4.78 is 1.85. The molecular formula is C9H14N6S. The Bertz CT molecular complexity index is 441. The summed E-state index contributed by atoms with van der Waals surface area (Å²) in [7, 11) is 0. The Kier molecular flexibility index (Phi) is 2.86. The van der Waals surface area contributed by atoms with Crippen LogP contribution in [0.2, 0.25) is 0 Å². The summed E-state index contributed by atoms with van der Waals surface area (Å²) in [5.41, 5.74) is 2.55. The van der Waals surface area contributed by atoms with Gasteiger partial charge < -0.3 is 5.32 Å². The van der Waals surface area contributed by atoms with Crippen LogP contribution in [0, 0.1) is 0 Å². The second-order valence-corrected chi connectivity index (χ2v) is 5.26. The molecule has 0 spiro atoms. The molecule has 0 aromatic carbocycles. The summed E-state index contributed by atoms with van der Waals surface area (Å²) in [5.74, 6) is 0. The normalized spacial score (nSPS) is 11.7. The van der Waals surface area contributed by atoms with Crippen LogP contribution in [0.3, 0.4) is 0 Å². The largest absolute Gasteiger partial charge is 0.354 e. The number of hydrogen-bond donors (Lipinski definition) is 1. The van der Waals surface area contributed by atoms with Crippen molar-refractivity contribution in [2.75, 3.05) is 5.32 Å². The lowest BCUT2D eigenvalue weighted by molar-refractivity contribution is 0.347. The van der Waals surface area contributed by atoms with Crippen LogP contribution in [-0.4, -0.2) is 25.2 Å². The SMILES string of the molecule is CC(C)(C)n1cc(CNc2nncs2)nn1. The second-order valence-electron chi connectivity index (χ2n) is 4.42. The van der Waals surface area contributed by atoms with Gasteiger partial charge in [-0.3, -0.25) is 0 Å². The predicted molar refractivity (Wildman–Crippen MR) is 62.3 cm³/mol. The summed E-state index contributed by atoms with van der Waals surface area (Å²) in [4.78, 5) is 0. The topological polar surface area (TPSA) is 68.5 Å². The van der Waals surface area contributed by atoms with Crippen molar-refractivity contribution in [2.45, 2.75) is 32.9 Å². The van der Waals surface area contributed by atoms with Crippen LogP contribution in [0.1, 0.15) is 26.5 Å². The van der Waals surface area contributed by atoms with Crippen molar-refractivity contribution in [3.05, 3.63) is 17.4 Å². The molecule has 0 saturated heterocycles. The van der Waals surface area contributed by atoms with Gasteiger partial charge in [-0.05, 0) is 20.8 Å². The van der Waals surface area contributed by atoms with Gasteiger partial charge >= 0.3 is 0 Å². The Morgan fingerprint density at radius 1 is 1.38 bits per heavy atom. The van der Waals surface area contributed by atoms with E-state index in [9.17, 15) is 0 Å². The minimum absolute atomic E-state index is 0.0337. The highest BCUT2D eigenvalue weighted by molar-refractivity contribution is 7.13. The minimum atomic E-state index is -0.0337. The van der Waals surface area contributed by atoms with E-state index < -0.39 is 0 Å². The van der Waals surface area contributed by atoms with Gasteiger partial charge in [-0.25, -0.2) is 4.68 Å². The summed E-state index contributed by atoms with van der Waals surface area (Å²) in [6.45, 7) is 6.88. The lowest BCUT2D eigenvalue weighted by atomic mass is 10.1. The quantitative estimate of drug-likeness (QED) is 0.877. The molecule has 0 aliphatic heterocycles. The molecule has 2 aromatic rings. The summed E-state index contributed by atoms with van der Waals surface area (Å²) in [6, 6.07) is 0. The van der Waals surface area contributed by atoms with E-state index in [1.807, 2.05) is 10.9 Å². The van der Waals surface area contributed by atoms with Crippen molar-refractivity contribution in [3.8, 4) is 0 Å². The Morgan fingerprint density at radius 2 is 2.19 bits per heavy atom. The molecule has 86 valence electrons. The molecule has 6 nitrogen and oxygen atoms in total. The molecule has 0 atom stereocenters. The molecule has 1 N–H and O–H groups in total. The molecule has 0 radical (unpaired) electrons. The Morgan fingerprint density at radius 3 is 2.75 bits per heavy atom. The van der Waals surface area contributed by atoms with Crippen molar-refractivity contribution in [2.24, 2.45) is 0 Å². The van der Waals surface area contributed by atoms with Crippen LogP contribution in [0.15, 0.2) is 11.7 Å². The highest BCUT2D eigenvalue weighted by atomic mass is 32.1. The maximum Gasteiger partial charge on any atom is 0.205 e. The van der Waals surface area contributed by atoms with Gasteiger partial charge in [-0.1, -0.05) is 16.6 Å². The molecule has 0 amide bonds. The third kappa shape index (κ3) is 2.54. The highest BCUT2D eigenvalue weighted by Crippen LogP contribution is 2.13. The van der Waals surface area contributed by atoms with Gasteiger partial charge in [0.2, 0.25) is 5.13 Å². The Balaban J connectivity index is 1.98. The van der Waals surface area contributed by atoms with Crippen molar-refractivity contribution in [3.63, 3.8) is 0 Å². The zero-order valence-electron chi connectivity index (χ0n) is 9.51. The second kappa shape index (κ2) is 4.17. The van der Waals surface area contributed by atoms with Crippen molar-refractivity contribution < 1.29 is 0 Å². The van der Waals surface area contributed by atoms with Crippen molar-refractivity contribution in [1.29, 1.82) is 0 Å². The molecule has 0 unspecified atom stereocenters. The molecule has 2 aromatic heterocycles. The van der Waals surface area contributed by atoms with Crippen molar-refractivity contribution in [1.82, 2.24) is 25.2 Å². The first-order chi connectivity index (χ1) is 7.55. The third-order valence-corrected chi connectivity index (χ3v) is 2.66. The zero-order chi connectivity index (χ0) is 11.6. The van der Waals surface area contributed by atoms with Gasteiger partial charge in [0.25, 0.3) is 0 Å². The molecule has 0 aliphatic carbocycles. The lowest BCUT2D eigenvalue weighted by Crippen LogP contribution is -2.22. The molecule has 0 aliphatic rings. The van der Waals surface area contributed by atoms with Gasteiger partial charge in [0.15, 0.2) is 0 Å². The number of rotatable bonds is 3. The van der Waals surface area contributed by atoms with Crippen LogP contribution in [-0.2, 0) is 12.1 Å². The van der Waals surface area contributed by atoms with E-state index in [1.54, 1.807) is 5.51 Å². The molecule has 7 heteroatoms. The van der Waals surface area contributed by atoms with Gasteiger partial charge in [0.1, 0.15) is 11.2 Å². The number of nitrogens with one attached hydrogen (secondary N) is 1. The number of nitrogens with zero attached hydrogens (tertiary/aromatic N) is 5. The van der Waals surface area contributed by atoms with E-state index in [2.05, 4.69) is 46.6 Å². The van der Waals surface area contributed by atoms with E-state index in [-0.39, 0.29) is 5.54 Å². The average molecular weight is 238 g/mol. The van der Waals surface area contributed by atoms with Gasteiger partial charge in [-0.2, -0.15) is 0 Å². The van der Waals surface area contributed by atoms with E-state index >= 15 is 0 Å². The minimum Gasteiger partial charge on any atom is -0.354 e. The first-order valence-electron chi connectivity index (χ1n) is 4.97. The predicted octanol–water partition coefficient (Wildman–Crippen LogP) is 1.50. The zero-order valence-corrected chi connectivity index (χ0v) is 10.3.